The lowest BCUT2D eigenvalue weighted by Gasteiger charge is -2.23. The van der Waals surface area contributed by atoms with Crippen LogP contribution in [0.2, 0.25) is 0 Å². The third kappa shape index (κ3) is 6.10. The van der Waals surface area contributed by atoms with Crippen molar-refractivity contribution in [1.82, 2.24) is 5.32 Å². The highest BCUT2D eigenvalue weighted by molar-refractivity contribution is 5.95. The van der Waals surface area contributed by atoms with Crippen LogP contribution in [0.3, 0.4) is 0 Å². The van der Waals surface area contributed by atoms with Crippen LogP contribution in [0, 0.1) is 11.3 Å². The molecule has 1 atom stereocenters. The molecule has 158 valence electrons. The molecule has 32 heavy (non-hydrogen) atoms. The fourth-order valence-corrected chi connectivity index (χ4v) is 2.96. The van der Waals surface area contributed by atoms with Gasteiger partial charge in [0.25, 0.3) is 0 Å². The van der Waals surface area contributed by atoms with Crippen molar-refractivity contribution in [3.05, 3.63) is 106 Å². The fourth-order valence-electron chi connectivity index (χ4n) is 2.96. The first kappa shape index (κ1) is 21.9. The minimum Gasteiger partial charge on any atom is -0.480 e. The molecule has 0 aromatic heterocycles. The van der Waals surface area contributed by atoms with E-state index in [1.54, 1.807) is 36.4 Å². The number of rotatable bonds is 7. The number of guanidine groups is 1. The Balaban J connectivity index is 1.94. The SMILES string of the molecule is N#Cc1ccc(NC(=NCC(=O)O)NC(c2ccccc2)c2ccc(N=[N+]=[N-])cc2)cc1. The van der Waals surface area contributed by atoms with E-state index >= 15 is 0 Å². The number of anilines is 1. The molecule has 0 aliphatic carbocycles. The van der Waals surface area contributed by atoms with Crippen molar-refractivity contribution in [1.29, 1.82) is 5.26 Å². The van der Waals surface area contributed by atoms with Crippen LogP contribution in [-0.4, -0.2) is 23.6 Å². The van der Waals surface area contributed by atoms with E-state index in [9.17, 15) is 4.79 Å². The number of aliphatic carboxylic acids is 1. The number of benzene rings is 3. The summed E-state index contributed by atoms with van der Waals surface area (Å²) in [5, 5.41) is 28.0. The number of nitriles is 1. The van der Waals surface area contributed by atoms with Gasteiger partial charge in [-0.3, -0.25) is 4.79 Å². The van der Waals surface area contributed by atoms with Crippen LogP contribution in [0.5, 0.6) is 0 Å². The Bertz CT molecular complexity index is 1180. The summed E-state index contributed by atoms with van der Waals surface area (Å²) in [4.78, 5) is 18.1. The second-order valence-electron chi connectivity index (χ2n) is 6.64. The maximum absolute atomic E-state index is 11.1. The molecule has 0 aliphatic heterocycles. The molecule has 1 unspecified atom stereocenters. The molecule has 3 N–H and O–H groups in total. The quantitative estimate of drug-likeness (QED) is 0.165. The molecule has 3 rings (SSSR count). The van der Waals surface area contributed by atoms with E-state index in [-0.39, 0.29) is 12.0 Å². The lowest BCUT2D eigenvalue weighted by atomic mass is 9.98. The molecule has 0 bridgehead atoms. The number of azide groups is 1. The molecule has 9 nitrogen and oxygen atoms in total. The van der Waals surface area contributed by atoms with Gasteiger partial charge in [-0.25, -0.2) is 4.99 Å². The monoisotopic (exact) mass is 425 g/mol. The van der Waals surface area contributed by atoms with E-state index in [0.29, 0.717) is 16.9 Å². The van der Waals surface area contributed by atoms with Crippen molar-refractivity contribution >= 4 is 23.3 Å². The van der Waals surface area contributed by atoms with Gasteiger partial charge < -0.3 is 15.7 Å². The van der Waals surface area contributed by atoms with Gasteiger partial charge in [0.1, 0.15) is 6.54 Å². The number of nitrogens with one attached hydrogen (secondary N) is 2. The Kier molecular flexibility index (Phi) is 7.41. The predicted octanol–water partition coefficient (Wildman–Crippen LogP) is 4.73. The highest BCUT2D eigenvalue weighted by Crippen LogP contribution is 2.25. The molecule has 0 heterocycles. The van der Waals surface area contributed by atoms with Crippen molar-refractivity contribution in [2.45, 2.75) is 6.04 Å². The zero-order chi connectivity index (χ0) is 22.8. The fraction of sp³-hybridized carbons (Fsp3) is 0.0870. The molecule has 0 aliphatic rings. The first-order valence-corrected chi connectivity index (χ1v) is 9.59. The van der Waals surface area contributed by atoms with Crippen molar-refractivity contribution < 1.29 is 9.90 Å². The van der Waals surface area contributed by atoms with Crippen molar-refractivity contribution in [3.8, 4) is 6.07 Å². The Morgan fingerprint density at radius 1 is 1.03 bits per heavy atom. The van der Waals surface area contributed by atoms with Crippen molar-refractivity contribution in [3.63, 3.8) is 0 Å². The number of nitrogens with zero attached hydrogens (tertiary/aromatic N) is 5. The minimum atomic E-state index is -1.07. The molecule has 0 saturated heterocycles. The van der Waals surface area contributed by atoms with Crippen LogP contribution in [-0.2, 0) is 4.79 Å². The van der Waals surface area contributed by atoms with Gasteiger partial charge in [-0.15, -0.1) is 0 Å². The maximum Gasteiger partial charge on any atom is 0.325 e. The van der Waals surface area contributed by atoms with E-state index < -0.39 is 12.5 Å². The molecule has 9 heteroatoms. The average Bonchev–Trinajstić information content (AvgIpc) is 2.82. The lowest BCUT2D eigenvalue weighted by molar-refractivity contribution is -0.135. The van der Waals surface area contributed by atoms with Gasteiger partial charge >= 0.3 is 5.97 Å². The molecule has 3 aromatic carbocycles. The van der Waals surface area contributed by atoms with Crippen molar-refractivity contribution in [2.24, 2.45) is 10.1 Å². The molecule has 0 saturated carbocycles. The normalized spacial score (nSPS) is 11.5. The van der Waals surface area contributed by atoms with E-state index in [0.717, 1.165) is 11.1 Å². The molecular weight excluding hydrogens is 406 g/mol. The van der Waals surface area contributed by atoms with Crippen LogP contribution in [0.15, 0.2) is 89.0 Å². The smallest absolute Gasteiger partial charge is 0.325 e. The number of hydrogen-bond acceptors (Lipinski definition) is 4. The Morgan fingerprint density at radius 3 is 2.28 bits per heavy atom. The van der Waals surface area contributed by atoms with Gasteiger partial charge in [0.15, 0.2) is 5.96 Å². The van der Waals surface area contributed by atoms with Gasteiger partial charge in [-0.1, -0.05) is 59.7 Å². The van der Waals surface area contributed by atoms with Crippen molar-refractivity contribution in [2.75, 3.05) is 11.9 Å². The number of carbonyl (C=O) groups is 1. The second-order valence-corrected chi connectivity index (χ2v) is 6.64. The highest BCUT2D eigenvalue weighted by atomic mass is 16.4. The number of hydrogen-bond donors (Lipinski definition) is 3. The predicted molar refractivity (Wildman–Crippen MR) is 121 cm³/mol. The summed E-state index contributed by atoms with van der Waals surface area (Å²) < 4.78 is 0. The Labute approximate surface area is 184 Å². The second kappa shape index (κ2) is 10.8. The zero-order valence-electron chi connectivity index (χ0n) is 16.9. The summed E-state index contributed by atoms with van der Waals surface area (Å²) >= 11 is 0. The van der Waals surface area contributed by atoms with Crippen LogP contribution in [0.25, 0.3) is 10.4 Å². The topological polar surface area (TPSA) is 146 Å². The standard InChI is InChI=1S/C23H19N7O2/c24-14-16-6-10-19(11-7-16)27-23(26-15-21(31)32)28-22(17-4-2-1-3-5-17)18-8-12-20(13-9-18)29-30-25/h1-13,22H,15H2,(H,31,32)(H2,26,27,28). The average molecular weight is 425 g/mol. The summed E-state index contributed by atoms with van der Waals surface area (Å²) in [6, 6.07) is 25.1. The summed E-state index contributed by atoms with van der Waals surface area (Å²) in [6.45, 7) is -0.428. The summed E-state index contributed by atoms with van der Waals surface area (Å²) in [5.74, 6) is -0.814. The third-order valence-electron chi connectivity index (χ3n) is 4.45. The Morgan fingerprint density at radius 2 is 1.69 bits per heavy atom. The van der Waals surface area contributed by atoms with Gasteiger partial charge in [-0.05, 0) is 40.9 Å². The van der Waals surface area contributed by atoms with Crippen LogP contribution >= 0.6 is 0 Å². The third-order valence-corrected chi connectivity index (χ3v) is 4.45. The zero-order valence-corrected chi connectivity index (χ0v) is 16.9. The molecule has 0 fully saturated rings. The molecule has 0 radical (unpaired) electrons. The molecule has 3 aromatic rings. The van der Waals surface area contributed by atoms with E-state index in [4.69, 9.17) is 15.9 Å². The molecule has 0 spiro atoms. The molecule has 0 amide bonds. The summed E-state index contributed by atoms with van der Waals surface area (Å²) in [6.07, 6.45) is 0. The lowest BCUT2D eigenvalue weighted by Crippen LogP contribution is -2.35. The Hall–Kier alpha value is -4.80. The van der Waals surface area contributed by atoms with E-state index in [1.165, 1.54) is 0 Å². The van der Waals surface area contributed by atoms with Crippen LogP contribution < -0.4 is 10.6 Å². The van der Waals surface area contributed by atoms with E-state index in [2.05, 4.69) is 31.7 Å². The highest BCUT2D eigenvalue weighted by Gasteiger charge is 2.16. The van der Waals surface area contributed by atoms with Gasteiger partial charge in [0.2, 0.25) is 0 Å². The number of aliphatic imine (C=N–C) groups is 1. The van der Waals surface area contributed by atoms with Crippen LogP contribution in [0.1, 0.15) is 22.7 Å². The molecular formula is C23H19N7O2. The van der Waals surface area contributed by atoms with Gasteiger partial charge in [0, 0.05) is 16.3 Å². The van der Waals surface area contributed by atoms with Crippen LogP contribution in [0.4, 0.5) is 11.4 Å². The first-order chi connectivity index (χ1) is 15.6. The minimum absolute atomic E-state index is 0.255. The van der Waals surface area contributed by atoms with Gasteiger partial charge in [0.05, 0.1) is 17.7 Å². The summed E-state index contributed by atoms with van der Waals surface area (Å²) in [7, 11) is 0. The van der Waals surface area contributed by atoms with Gasteiger partial charge in [-0.2, -0.15) is 5.26 Å². The largest absolute Gasteiger partial charge is 0.480 e. The van der Waals surface area contributed by atoms with E-state index in [1.807, 2.05) is 42.5 Å². The summed E-state index contributed by atoms with van der Waals surface area (Å²) in [5.41, 5.74) is 12.1. The number of carboxylic acids is 1. The first-order valence-electron chi connectivity index (χ1n) is 9.59. The maximum atomic E-state index is 11.1. The number of carboxylic acid groups (broad SMARTS) is 1.